The molecule has 4 heteroatoms. The molecule has 0 aliphatic carbocycles. The molecule has 18 heavy (non-hydrogen) atoms. The van der Waals surface area contributed by atoms with Crippen LogP contribution in [-0.4, -0.2) is 44.9 Å². The first-order chi connectivity index (χ1) is 8.81. The standard InChI is InChI=1S/C14H20O4/c1-9-10-5-3-4-6-11(18-10)13(9)14(12-7-16-12)17-8-15-2/h3-6,9-14H,7-8H2,1-2H3/t9-,10-,11+,12-,13-,14-/m1/s1. The van der Waals surface area contributed by atoms with Gasteiger partial charge >= 0.3 is 0 Å². The number of ether oxygens (including phenoxy) is 4. The maximum absolute atomic E-state index is 6.04. The SMILES string of the molecule is COCO[C@@H]([C@@H]1[C@H](C)[C@H]2C=CC=C[C@@H]1O2)[C@H]1CO1. The number of hydrogen-bond acceptors (Lipinski definition) is 4. The molecule has 3 rings (SSSR count). The van der Waals surface area contributed by atoms with Gasteiger partial charge in [0.05, 0.1) is 24.9 Å². The van der Waals surface area contributed by atoms with E-state index in [1.165, 1.54) is 0 Å². The molecule has 3 aliphatic heterocycles. The molecule has 0 unspecified atom stereocenters. The van der Waals surface area contributed by atoms with Crippen molar-refractivity contribution < 1.29 is 18.9 Å². The summed E-state index contributed by atoms with van der Waals surface area (Å²) in [4.78, 5) is 0. The Kier molecular flexibility index (Phi) is 3.52. The lowest BCUT2D eigenvalue weighted by atomic mass is 9.82. The smallest absolute Gasteiger partial charge is 0.146 e. The molecule has 2 fully saturated rings. The number of methoxy groups -OCH3 is 1. The molecular formula is C14H20O4. The highest BCUT2D eigenvalue weighted by Gasteiger charge is 2.50. The molecule has 0 amide bonds. The Hall–Kier alpha value is -0.680. The fourth-order valence-corrected chi connectivity index (χ4v) is 3.00. The van der Waals surface area contributed by atoms with Crippen LogP contribution < -0.4 is 0 Å². The van der Waals surface area contributed by atoms with E-state index in [-0.39, 0.29) is 24.4 Å². The zero-order chi connectivity index (χ0) is 12.5. The molecule has 0 aromatic carbocycles. The van der Waals surface area contributed by atoms with Gasteiger partial charge in [-0.05, 0) is 5.92 Å². The minimum Gasteiger partial charge on any atom is -0.370 e. The van der Waals surface area contributed by atoms with E-state index in [0.717, 1.165) is 6.61 Å². The summed E-state index contributed by atoms with van der Waals surface area (Å²) in [6, 6.07) is 0. The van der Waals surface area contributed by atoms with Crippen molar-refractivity contribution in [2.45, 2.75) is 31.3 Å². The fourth-order valence-electron chi connectivity index (χ4n) is 3.00. The average Bonchev–Trinajstić information content (AvgIpc) is 3.15. The van der Waals surface area contributed by atoms with Crippen LogP contribution in [0, 0.1) is 11.8 Å². The topological polar surface area (TPSA) is 40.2 Å². The van der Waals surface area contributed by atoms with Crippen molar-refractivity contribution in [2.75, 3.05) is 20.5 Å². The van der Waals surface area contributed by atoms with Gasteiger partial charge in [-0.2, -0.15) is 0 Å². The molecule has 2 bridgehead atoms. The molecule has 3 aliphatic rings. The van der Waals surface area contributed by atoms with E-state index in [1.54, 1.807) is 7.11 Å². The van der Waals surface area contributed by atoms with Crippen molar-refractivity contribution in [3.8, 4) is 0 Å². The monoisotopic (exact) mass is 252 g/mol. The number of epoxide rings is 1. The van der Waals surface area contributed by atoms with E-state index in [4.69, 9.17) is 18.9 Å². The Morgan fingerprint density at radius 3 is 2.67 bits per heavy atom. The van der Waals surface area contributed by atoms with Gasteiger partial charge in [0.2, 0.25) is 0 Å². The van der Waals surface area contributed by atoms with Crippen LogP contribution in [0.3, 0.4) is 0 Å². The average molecular weight is 252 g/mol. The number of rotatable bonds is 5. The van der Waals surface area contributed by atoms with Crippen molar-refractivity contribution in [1.29, 1.82) is 0 Å². The second-order valence-electron chi connectivity index (χ2n) is 5.18. The molecule has 100 valence electrons. The Morgan fingerprint density at radius 1 is 1.28 bits per heavy atom. The third-order valence-electron chi connectivity index (χ3n) is 4.01. The van der Waals surface area contributed by atoms with Gasteiger partial charge in [0, 0.05) is 13.0 Å². The Bertz CT molecular complexity index is 348. The Labute approximate surface area is 108 Å². The van der Waals surface area contributed by atoms with Gasteiger partial charge in [-0.3, -0.25) is 0 Å². The first-order valence-electron chi connectivity index (χ1n) is 6.54. The van der Waals surface area contributed by atoms with E-state index < -0.39 is 0 Å². The zero-order valence-electron chi connectivity index (χ0n) is 10.8. The highest BCUT2D eigenvalue weighted by molar-refractivity contribution is 5.18. The van der Waals surface area contributed by atoms with Gasteiger partial charge in [-0.25, -0.2) is 0 Å². The van der Waals surface area contributed by atoms with Crippen molar-refractivity contribution in [2.24, 2.45) is 11.8 Å². The molecule has 0 spiro atoms. The van der Waals surface area contributed by atoms with Crippen LogP contribution in [0.5, 0.6) is 0 Å². The third kappa shape index (κ3) is 2.26. The summed E-state index contributed by atoms with van der Waals surface area (Å²) in [7, 11) is 1.64. The summed E-state index contributed by atoms with van der Waals surface area (Å²) in [5.74, 6) is 0.765. The van der Waals surface area contributed by atoms with Crippen molar-refractivity contribution in [3.63, 3.8) is 0 Å². The minimum absolute atomic E-state index is 0.0612. The summed E-state index contributed by atoms with van der Waals surface area (Å²) in [6.07, 6.45) is 8.94. The summed E-state index contributed by atoms with van der Waals surface area (Å²) in [5, 5.41) is 0. The molecule has 6 atom stereocenters. The van der Waals surface area contributed by atoms with Gasteiger partial charge in [-0.15, -0.1) is 0 Å². The summed E-state index contributed by atoms with van der Waals surface area (Å²) in [5.41, 5.74) is 0. The minimum atomic E-state index is 0.0612. The predicted molar refractivity (Wildman–Crippen MR) is 66.1 cm³/mol. The maximum atomic E-state index is 6.04. The van der Waals surface area contributed by atoms with Crippen LogP contribution in [0.1, 0.15) is 6.92 Å². The number of hydrogen-bond donors (Lipinski definition) is 0. The lowest BCUT2D eigenvalue weighted by molar-refractivity contribution is -0.108. The third-order valence-corrected chi connectivity index (χ3v) is 4.01. The fraction of sp³-hybridized carbons (Fsp3) is 0.714. The second-order valence-corrected chi connectivity index (χ2v) is 5.18. The summed E-state index contributed by atoms with van der Waals surface area (Å²) in [6.45, 7) is 3.32. The van der Waals surface area contributed by atoms with Gasteiger partial charge < -0.3 is 18.9 Å². The molecule has 4 nitrogen and oxygen atoms in total. The normalized spacial score (nSPS) is 42.9. The van der Waals surface area contributed by atoms with E-state index >= 15 is 0 Å². The summed E-state index contributed by atoms with van der Waals surface area (Å²) < 4.78 is 22.3. The largest absolute Gasteiger partial charge is 0.370 e. The van der Waals surface area contributed by atoms with E-state index in [2.05, 4.69) is 31.2 Å². The molecule has 3 heterocycles. The molecule has 0 N–H and O–H groups in total. The maximum Gasteiger partial charge on any atom is 0.146 e. The van der Waals surface area contributed by atoms with Crippen molar-refractivity contribution in [3.05, 3.63) is 24.3 Å². The lowest BCUT2D eigenvalue weighted by Gasteiger charge is -2.28. The quantitative estimate of drug-likeness (QED) is 0.549. The van der Waals surface area contributed by atoms with E-state index in [1.807, 2.05) is 0 Å². The molecule has 0 aromatic heterocycles. The van der Waals surface area contributed by atoms with Crippen LogP contribution in [0.4, 0.5) is 0 Å². The highest BCUT2D eigenvalue weighted by Crippen LogP contribution is 2.41. The van der Waals surface area contributed by atoms with Gasteiger partial charge in [-0.1, -0.05) is 31.2 Å². The van der Waals surface area contributed by atoms with Crippen LogP contribution in [0.15, 0.2) is 24.3 Å². The Balaban J connectivity index is 1.76. The molecular weight excluding hydrogens is 232 g/mol. The molecule has 0 saturated carbocycles. The predicted octanol–water partition coefficient (Wildman–Crippen LogP) is 1.52. The van der Waals surface area contributed by atoms with Crippen LogP contribution >= 0.6 is 0 Å². The Morgan fingerprint density at radius 2 is 2.00 bits per heavy atom. The van der Waals surface area contributed by atoms with Crippen molar-refractivity contribution in [1.82, 2.24) is 0 Å². The summed E-state index contributed by atoms with van der Waals surface area (Å²) >= 11 is 0. The van der Waals surface area contributed by atoms with Crippen LogP contribution in [0.2, 0.25) is 0 Å². The molecule has 2 saturated heterocycles. The first kappa shape index (κ1) is 12.4. The van der Waals surface area contributed by atoms with Crippen LogP contribution in [0.25, 0.3) is 0 Å². The van der Waals surface area contributed by atoms with Gasteiger partial charge in [0.1, 0.15) is 12.9 Å². The lowest BCUT2D eigenvalue weighted by Crippen LogP contribution is -2.38. The first-order valence-corrected chi connectivity index (χ1v) is 6.54. The van der Waals surface area contributed by atoms with Crippen molar-refractivity contribution >= 4 is 0 Å². The molecule has 0 radical (unpaired) electrons. The van der Waals surface area contributed by atoms with E-state index in [9.17, 15) is 0 Å². The highest BCUT2D eigenvalue weighted by atomic mass is 16.7. The van der Waals surface area contributed by atoms with Gasteiger partial charge in [0.25, 0.3) is 0 Å². The van der Waals surface area contributed by atoms with Gasteiger partial charge in [0.15, 0.2) is 0 Å². The number of fused-ring (bicyclic) bond motifs is 2. The van der Waals surface area contributed by atoms with E-state index in [0.29, 0.717) is 18.6 Å². The second kappa shape index (κ2) is 5.13. The number of allylic oxidation sites excluding steroid dienone is 2. The molecule has 0 aromatic rings. The van der Waals surface area contributed by atoms with Crippen LogP contribution in [-0.2, 0) is 18.9 Å². The zero-order valence-corrected chi connectivity index (χ0v) is 10.8.